The van der Waals surface area contributed by atoms with E-state index < -0.39 is 11.5 Å². The van der Waals surface area contributed by atoms with Crippen LogP contribution < -0.4 is 5.32 Å². The summed E-state index contributed by atoms with van der Waals surface area (Å²) in [6.45, 7) is 15.9. The van der Waals surface area contributed by atoms with Gasteiger partial charge in [-0.15, -0.1) is 0 Å². The monoisotopic (exact) mass is 253 g/mol. The summed E-state index contributed by atoms with van der Waals surface area (Å²) >= 11 is 0. The first-order valence-corrected chi connectivity index (χ1v) is 5.89. The molecule has 0 saturated carbocycles. The molecule has 0 spiro atoms. The smallest absolute Gasteiger partial charge is 0.333 e. The number of amides is 1. The van der Waals surface area contributed by atoms with Gasteiger partial charge in [0.05, 0.1) is 0 Å². The number of hydrogen-bond donors (Lipinski definition) is 1. The van der Waals surface area contributed by atoms with Gasteiger partial charge < -0.3 is 10.1 Å². The van der Waals surface area contributed by atoms with E-state index in [9.17, 15) is 9.59 Å². The van der Waals surface area contributed by atoms with Crippen molar-refractivity contribution in [2.24, 2.45) is 0 Å². The zero-order valence-electron chi connectivity index (χ0n) is 11.9. The van der Waals surface area contributed by atoms with Crippen LogP contribution in [0.2, 0.25) is 0 Å². The van der Waals surface area contributed by atoms with E-state index >= 15 is 0 Å². The van der Waals surface area contributed by atoms with Gasteiger partial charge >= 0.3 is 5.97 Å². The molecule has 1 N–H and O–H groups in total. The van der Waals surface area contributed by atoms with Crippen LogP contribution in [0.5, 0.6) is 0 Å². The summed E-state index contributed by atoms with van der Waals surface area (Å²) in [5, 5.41) is 2.84. The van der Waals surface area contributed by atoms with Crippen molar-refractivity contribution in [1.29, 1.82) is 0 Å². The maximum atomic E-state index is 11.5. The maximum absolute atomic E-state index is 11.5. The van der Waals surface area contributed by atoms with Gasteiger partial charge in [-0.2, -0.15) is 0 Å². The summed E-state index contributed by atoms with van der Waals surface area (Å²) in [4.78, 5) is 22.9. The van der Waals surface area contributed by atoms with Crippen LogP contribution in [-0.4, -0.2) is 23.5 Å². The maximum Gasteiger partial charge on any atom is 0.333 e. The molecule has 0 aromatic heterocycles. The SMILES string of the molecule is C=C(C)C(=O)NC(C)(C)CC(C)OC(=O)C(=C)C. The molecule has 1 amide bonds. The average Bonchev–Trinajstić information content (AvgIpc) is 2.14. The van der Waals surface area contributed by atoms with E-state index in [-0.39, 0.29) is 12.0 Å². The summed E-state index contributed by atoms with van der Waals surface area (Å²) in [5.41, 5.74) is 0.352. The number of ether oxygens (including phenoxy) is 1. The molecule has 18 heavy (non-hydrogen) atoms. The first-order valence-electron chi connectivity index (χ1n) is 5.89. The van der Waals surface area contributed by atoms with Gasteiger partial charge in [-0.25, -0.2) is 4.79 Å². The van der Waals surface area contributed by atoms with E-state index in [1.807, 2.05) is 13.8 Å². The molecule has 0 aliphatic carbocycles. The molecule has 0 aromatic carbocycles. The molecule has 4 nitrogen and oxygen atoms in total. The van der Waals surface area contributed by atoms with E-state index in [4.69, 9.17) is 4.74 Å². The van der Waals surface area contributed by atoms with Crippen LogP contribution in [0.4, 0.5) is 0 Å². The second kappa shape index (κ2) is 6.38. The van der Waals surface area contributed by atoms with Crippen LogP contribution in [0.3, 0.4) is 0 Å². The number of esters is 1. The predicted octanol–water partition coefficient (Wildman–Crippen LogP) is 2.36. The second-order valence-corrected chi connectivity index (χ2v) is 5.32. The molecule has 102 valence electrons. The van der Waals surface area contributed by atoms with Gasteiger partial charge in [-0.05, 0) is 34.6 Å². The lowest BCUT2D eigenvalue weighted by molar-refractivity contribution is -0.144. The summed E-state index contributed by atoms with van der Waals surface area (Å²) < 4.78 is 5.18. The Morgan fingerprint density at radius 1 is 1.22 bits per heavy atom. The molecular weight excluding hydrogens is 230 g/mol. The molecule has 4 heteroatoms. The van der Waals surface area contributed by atoms with Gasteiger partial charge in [-0.1, -0.05) is 13.2 Å². The van der Waals surface area contributed by atoms with Crippen molar-refractivity contribution < 1.29 is 14.3 Å². The number of carbonyl (C=O) groups is 2. The Morgan fingerprint density at radius 2 is 1.72 bits per heavy atom. The molecule has 0 aromatic rings. The highest BCUT2D eigenvalue weighted by Crippen LogP contribution is 2.15. The zero-order chi connectivity index (χ0) is 14.5. The van der Waals surface area contributed by atoms with Gasteiger partial charge in [-0.3, -0.25) is 4.79 Å². The third kappa shape index (κ3) is 6.23. The lowest BCUT2D eigenvalue weighted by Crippen LogP contribution is -2.46. The molecule has 0 aliphatic heterocycles. The van der Waals surface area contributed by atoms with Crippen LogP contribution in [0, 0.1) is 0 Å². The summed E-state index contributed by atoms with van der Waals surface area (Å²) in [5.74, 6) is -0.608. The van der Waals surface area contributed by atoms with Crippen LogP contribution in [0.1, 0.15) is 41.0 Å². The Labute approximate surface area is 109 Å². The van der Waals surface area contributed by atoms with Crippen molar-refractivity contribution in [1.82, 2.24) is 5.32 Å². The lowest BCUT2D eigenvalue weighted by atomic mass is 9.96. The molecule has 1 atom stereocenters. The summed E-state index contributed by atoms with van der Waals surface area (Å²) in [6.07, 6.45) is 0.222. The van der Waals surface area contributed by atoms with Crippen molar-refractivity contribution in [3.05, 3.63) is 24.3 Å². The minimum absolute atomic E-state index is 0.196. The molecule has 0 heterocycles. The van der Waals surface area contributed by atoms with Gasteiger partial charge in [0.25, 0.3) is 0 Å². The molecule has 0 aliphatic rings. The highest BCUT2D eigenvalue weighted by Gasteiger charge is 2.25. The highest BCUT2D eigenvalue weighted by atomic mass is 16.5. The Hall–Kier alpha value is -1.58. The number of nitrogens with one attached hydrogen (secondary N) is 1. The largest absolute Gasteiger partial charge is 0.459 e. The third-order valence-corrected chi connectivity index (χ3v) is 2.29. The predicted molar refractivity (Wildman–Crippen MR) is 72.0 cm³/mol. The average molecular weight is 253 g/mol. The lowest BCUT2D eigenvalue weighted by Gasteiger charge is -2.29. The van der Waals surface area contributed by atoms with E-state index in [1.165, 1.54) is 0 Å². The van der Waals surface area contributed by atoms with E-state index in [1.54, 1.807) is 20.8 Å². The Bertz CT molecular complexity index is 369. The highest BCUT2D eigenvalue weighted by molar-refractivity contribution is 5.92. The minimum atomic E-state index is -0.467. The van der Waals surface area contributed by atoms with E-state index in [0.29, 0.717) is 17.6 Å². The van der Waals surface area contributed by atoms with Gasteiger partial charge in [0.1, 0.15) is 6.10 Å². The van der Waals surface area contributed by atoms with Gasteiger partial charge in [0.2, 0.25) is 5.91 Å². The second-order valence-electron chi connectivity index (χ2n) is 5.32. The van der Waals surface area contributed by atoms with Crippen molar-refractivity contribution >= 4 is 11.9 Å². The topological polar surface area (TPSA) is 55.4 Å². The van der Waals surface area contributed by atoms with Crippen molar-refractivity contribution in [2.45, 2.75) is 52.7 Å². The Kier molecular flexibility index (Phi) is 5.82. The minimum Gasteiger partial charge on any atom is -0.459 e. The quantitative estimate of drug-likeness (QED) is 0.584. The fourth-order valence-corrected chi connectivity index (χ4v) is 1.51. The molecular formula is C14H23NO3. The third-order valence-electron chi connectivity index (χ3n) is 2.29. The van der Waals surface area contributed by atoms with E-state index in [2.05, 4.69) is 18.5 Å². The molecule has 0 fully saturated rings. The zero-order valence-corrected chi connectivity index (χ0v) is 11.9. The first kappa shape index (κ1) is 16.4. The number of hydrogen-bond acceptors (Lipinski definition) is 3. The number of carbonyl (C=O) groups excluding carboxylic acids is 2. The van der Waals surface area contributed by atoms with E-state index in [0.717, 1.165) is 0 Å². The van der Waals surface area contributed by atoms with Gasteiger partial charge in [0.15, 0.2) is 0 Å². The number of rotatable bonds is 6. The Morgan fingerprint density at radius 3 is 2.11 bits per heavy atom. The standard InChI is InChI=1S/C14H23NO3/c1-9(2)12(16)15-14(6,7)8-11(5)18-13(17)10(3)4/h11H,1,3,8H2,2,4-7H3,(H,15,16). The van der Waals surface area contributed by atoms with Crippen molar-refractivity contribution in [3.63, 3.8) is 0 Å². The van der Waals surface area contributed by atoms with Crippen molar-refractivity contribution in [2.75, 3.05) is 0 Å². The molecule has 0 rings (SSSR count). The van der Waals surface area contributed by atoms with Crippen LogP contribution >= 0.6 is 0 Å². The fraction of sp³-hybridized carbons (Fsp3) is 0.571. The molecule has 0 saturated heterocycles. The van der Waals surface area contributed by atoms with Crippen LogP contribution in [-0.2, 0) is 14.3 Å². The normalized spacial score (nSPS) is 12.5. The molecule has 0 radical (unpaired) electrons. The fourth-order valence-electron chi connectivity index (χ4n) is 1.51. The molecule has 0 bridgehead atoms. The van der Waals surface area contributed by atoms with Crippen LogP contribution in [0.15, 0.2) is 24.3 Å². The molecule has 1 unspecified atom stereocenters. The summed E-state index contributed by atoms with van der Waals surface area (Å²) in [6, 6.07) is 0. The first-order chi connectivity index (χ1) is 8.05. The van der Waals surface area contributed by atoms with Crippen LogP contribution in [0.25, 0.3) is 0 Å². The summed E-state index contributed by atoms with van der Waals surface area (Å²) in [7, 11) is 0. The van der Waals surface area contributed by atoms with Gasteiger partial charge in [0, 0.05) is 23.1 Å². The van der Waals surface area contributed by atoms with Crippen molar-refractivity contribution in [3.8, 4) is 0 Å². The Balaban J connectivity index is 4.39.